The number of fused-ring (bicyclic) bond motifs is 1. The Balaban J connectivity index is 2.01. The number of rotatable bonds is 3. The lowest BCUT2D eigenvalue weighted by atomic mass is 10.2. The zero-order chi connectivity index (χ0) is 15.0. The fraction of sp³-hybridized carbons (Fsp3) is 0.0769. The molecule has 0 bridgehead atoms. The Morgan fingerprint density at radius 3 is 2.67 bits per heavy atom. The van der Waals surface area contributed by atoms with Gasteiger partial charge in [0.25, 0.3) is 0 Å². The van der Waals surface area contributed by atoms with Crippen molar-refractivity contribution < 1.29 is 10.2 Å². The maximum absolute atomic E-state index is 9.96. The molecule has 0 aliphatic carbocycles. The Morgan fingerprint density at radius 1 is 1.14 bits per heavy atom. The Labute approximate surface area is 119 Å². The largest absolute Gasteiger partial charge is 0.494 e. The molecule has 0 atom stereocenters. The van der Waals surface area contributed by atoms with Gasteiger partial charge in [0.15, 0.2) is 5.82 Å². The lowest BCUT2D eigenvalue weighted by Gasteiger charge is -2.05. The molecule has 3 rings (SSSR count). The molecule has 0 saturated heterocycles. The van der Waals surface area contributed by atoms with Crippen LogP contribution in [0.1, 0.15) is 0 Å². The van der Waals surface area contributed by atoms with Crippen molar-refractivity contribution in [3.05, 3.63) is 30.6 Å². The fourth-order valence-corrected chi connectivity index (χ4v) is 2.09. The highest BCUT2D eigenvalue weighted by Gasteiger charge is 2.13. The van der Waals surface area contributed by atoms with Crippen molar-refractivity contribution in [1.29, 1.82) is 5.53 Å². The van der Waals surface area contributed by atoms with Crippen LogP contribution in [0.3, 0.4) is 0 Å². The second-order valence-corrected chi connectivity index (χ2v) is 4.46. The molecular formula is C13H12N6O2. The summed E-state index contributed by atoms with van der Waals surface area (Å²) in [5.74, 6) is 0.714. The molecule has 8 nitrogen and oxygen atoms in total. The standard InChI is InChI=1S/C13H12N6O2/c1-19-12(20)8-3-2-7(4-9(8)13(19)21)17-10-5-11(18-14)16-6-15-10/h2-6,14,20-21H,1H3,(H,15,16,17). The first-order chi connectivity index (χ1) is 10.1. The van der Waals surface area contributed by atoms with Crippen molar-refractivity contribution in [2.45, 2.75) is 0 Å². The zero-order valence-electron chi connectivity index (χ0n) is 11.1. The van der Waals surface area contributed by atoms with E-state index in [1.807, 2.05) is 0 Å². The first-order valence-electron chi connectivity index (χ1n) is 6.07. The van der Waals surface area contributed by atoms with Gasteiger partial charge in [-0.05, 0) is 18.2 Å². The van der Waals surface area contributed by atoms with Crippen molar-refractivity contribution >= 4 is 28.1 Å². The molecule has 3 aromatic rings. The van der Waals surface area contributed by atoms with E-state index in [-0.39, 0.29) is 17.6 Å². The third kappa shape index (κ3) is 2.12. The van der Waals surface area contributed by atoms with Crippen molar-refractivity contribution in [2.24, 2.45) is 12.2 Å². The van der Waals surface area contributed by atoms with Gasteiger partial charge in [-0.15, -0.1) is 5.11 Å². The van der Waals surface area contributed by atoms with Gasteiger partial charge in [0.05, 0.1) is 0 Å². The average Bonchev–Trinajstić information content (AvgIpc) is 2.72. The molecule has 0 aliphatic rings. The summed E-state index contributed by atoms with van der Waals surface area (Å²) in [5, 5.41) is 27.2. The molecule has 0 spiro atoms. The summed E-state index contributed by atoms with van der Waals surface area (Å²) in [7, 11) is 1.57. The van der Waals surface area contributed by atoms with Gasteiger partial charge in [-0.2, -0.15) is 0 Å². The van der Waals surface area contributed by atoms with Gasteiger partial charge in [-0.25, -0.2) is 15.5 Å². The van der Waals surface area contributed by atoms with E-state index in [0.717, 1.165) is 0 Å². The molecule has 21 heavy (non-hydrogen) atoms. The first-order valence-corrected chi connectivity index (χ1v) is 6.07. The monoisotopic (exact) mass is 284 g/mol. The molecule has 1 aromatic carbocycles. The van der Waals surface area contributed by atoms with Gasteiger partial charge in [-0.3, -0.25) is 4.57 Å². The number of aromatic hydroxyl groups is 2. The van der Waals surface area contributed by atoms with Crippen LogP contribution in [-0.2, 0) is 7.05 Å². The Bertz CT molecular complexity index is 842. The summed E-state index contributed by atoms with van der Waals surface area (Å²) in [4.78, 5) is 7.82. The van der Waals surface area contributed by atoms with Crippen LogP contribution in [0.2, 0.25) is 0 Å². The topological polar surface area (TPSA) is 119 Å². The summed E-state index contributed by atoms with van der Waals surface area (Å²) < 4.78 is 1.30. The number of nitrogens with one attached hydrogen (secondary N) is 2. The molecule has 0 unspecified atom stereocenters. The molecule has 0 fully saturated rings. The predicted molar refractivity (Wildman–Crippen MR) is 76.4 cm³/mol. The summed E-state index contributed by atoms with van der Waals surface area (Å²) in [6.45, 7) is 0. The van der Waals surface area contributed by atoms with Crippen molar-refractivity contribution in [3.8, 4) is 11.8 Å². The molecule has 2 aromatic heterocycles. The zero-order valence-corrected chi connectivity index (χ0v) is 11.1. The van der Waals surface area contributed by atoms with Crippen LogP contribution in [-0.4, -0.2) is 24.7 Å². The van der Waals surface area contributed by atoms with Crippen molar-refractivity contribution in [3.63, 3.8) is 0 Å². The summed E-state index contributed by atoms with van der Waals surface area (Å²) in [5.41, 5.74) is 7.60. The normalized spacial score (nSPS) is 10.7. The van der Waals surface area contributed by atoms with Gasteiger partial charge < -0.3 is 15.5 Å². The van der Waals surface area contributed by atoms with Crippen LogP contribution in [0.25, 0.3) is 10.8 Å². The minimum atomic E-state index is -0.0179. The van der Waals surface area contributed by atoms with Crippen LogP contribution in [0.4, 0.5) is 17.3 Å². The number of benzene rings is 1. The van der Waals surface area contributed by atoms with Crippen molar-refractivity contribution in [2.75, 3.05) is 5.32 Å². The quantitative estimate of drug-likeness (QED) is 0.551. The number of aromatic nitrogens is 3. The van der Waals surface area contributed by atoms with E-state index in [2.05, 4.69) is 20.4 Å². The minimum absolute atomic E-state index is 0.00591. The van der Waals surface area contributed by atoms with Gasteiger partial charge in [0.2, 0.25) is 11.8 Å². The molecule has 4 N–H and O–H groups in total. The number of nitrogens with zero attached hydrogens (tertiary/aromatic N) is 4. The van der Waals surface area contributed by atoms with E-state index in [4.69, 9.17) is 5.53 Å². The van der Waals surface area contributed by atoms with Crippen LogP contribution in [0, 0.1) is 5.53 Å². The van der Waals surface area contributed by atoms with E-state index in [9.17, 15) is 10.2 Å². The van der Waals surface area contributed by atoms with Crippen LogP contribution < -0.4 is 5.32 Å². The SMILES string of the molecule is Cn1c(O)c2ccc(Nc3cc(N=N)ncn3)cc2c1O. The number of anilines is 2. The smallest absolute Gasteiger partial charge is 0.201 e. The Hall–Kier alpha value is -3.16. The van der Waals surface area contributed by atoms with E-state index < -0.39 is 0 Å². The van der Waals surface area contributed by atoms with E-state index >= 15 is 0 Å². The lowest BCUT2D eigenvalue weighted by Crippen LogP contribution is -1.93. The highest BCUT2D eigenvalue weighted by molar-refractivity contribution is 5.95. The number of hydrogen-bond acceptors (Lipinski definition) is 7. The second kappa shape index (κ2) is 4.75. The van der Waals surface area contributed by atoms with Crippen LogP contribution in [0.5, 0.6) is 11.8 Å². The Kier molecular flexibility index (Phi) is 2.90. The minimum Gasteiger partial charge on any atom is -0.494 e. The third-order valence-corrected chi connectivity index (χ3v) is 3.18. The highest BCUT2D eigenvalue weighted by Crippen LogP contribution is 2.36. The maximum atomic E-state index is 9.96. The predicted octanol–water partition coefficient (Wildman–Crippen LogP) is 2.79. The first kappa shape index (κ1) is 12.9. The van der Waals surface area contributed by atoms with Gasteiger partial charge >= 0.3 is 0 Å². The third-order valence-electron chi connectivity index (χ3n) is 3.18. The average molecular weight is 284 g/mol. The van der Waals surface area contributed by atoms with E-state index in [0.29, 0.717) is 22.3 Å². The van der Waals surface area contributed by atoms with Crippen LogP contribution >= 0.6 is 0 Å². The van der Waals surface area contributed by atoms with Gasteiger partial charge in [0, 0.05) is 29.6 Å². The van der Waals surface area contributed by atoms with Gasteiger partial charge in [-0.1, -0.05) is 0 Å². The maximum Gasteiger partial charge on any atom is 0.201 e. The Morgan fingerprint density at radius 2 is 1.90 bits per heavy atom. The fourth-order valence-electron chi connectivity index (χ4n) is 2.09. The molecule has 0 radical (unpaired) electrons. The van der Waals surface area contributed by atoms with Crippen molar-refractivity contribution in [1.82, 2.24) is 14.5 Å². The lowest BCUT2D eigenvalue weighted by molar-refractivity contribution is 0.391. The molecule has 2 heterocycles. The molecule has 8 heteroatoms. The molecule has 0 saturated carbocycles. The molecule has 0 aliphatic heterocycles. The van der Waals surface area contributed by atoms with Crippen LogP contribution in [0.15, 0.2) is 35.7 Å². The van der Waals surface area contributed by atoms with Gasteiger partial charge in [0.1, 0.15) is 12.1 Å². The molecule has 106 valence electrons. The van der Waals surface area contributed by atoms with E-state index in [1.54, 1.807) is 25.2 Å². The van der Waals surface area contributed by atoms with E-state index in [1.165, 1.54) is 17.0 Å². The molecule has 0 amide bonds. The summed E-state index contributed by atoms with van der Waals surface area (Å²) in [6.07, 6.45) is 1.31. The molecular weight excluding hydrogens is 272 g/mol. The summed E-state index contributed by atoms with van der Waals surface area (Å²) >= 11 is 0. The summed E-state index contributed by atoms with van der Waals surface area (Å²) in [6, 6.07) is 6.67. The number of hydrogen-bond donors (Lipinski definition) is 4. The highest BCUT2D eigenvalue weighted by atomic mass is 16.3. The second-order valence-electron chi connectivity index (χ2n) is 4.46.